The molecular formula is C4H12N2O3S. The van der Waals surface area contributed by atoms with Crippen molar-refractivity contribution in [1.29, 1.82) is 0 Å². The monoisotopic (exact) mass is 168 g/mol. The van der Waals surface area contributed by atoms with Crippen molar-refractivity contribution in [2.24, 2.45) is 5.73 Å². The maximum Gasteiger partial charge on any atom is 0.208 e. The largest absolute Gasteiger partial charge is 0.390 e. The molecule has 0 radical (unpaired) electrons. The third-order valence-corrected chi connectivity index (χ3v) is 1.54. The molecule has 0 amide bonds. The van der Waals surface area contributed by atoms with E-state index in [1.807, 2.05) is 0 Å². The van der Waals surface area contributed by atoms with Gasteiger partial charge in [-0.1, -0.05) is 0 Å². The molecule has 0 aliphatic heterocycles. The van der Waals surface area contributed by atoms with Crippen LogP contribution in [0.4, 0.5) is 0 Å². The van der Waals surface area contributed by atoms with Crippen LogP contribution in [0.15, 0.2) is 0 Å². The SMILES string of the molecule is CS(=O)(=O)NCC(O)CN. The van der Waals surface area contributed by atoms with E-state index in [1.165, 1.54) is 0 Å². The van der Waals surface area contributed by atoms with Crippen LogP contribution in [-0.2, 0) is 10.0 Å². The highest BCUT2D eigenvalue weighted by molar-refractivity contribution is 7.88. The molecule has 0 fully saturated rings. The molecule has 6 heteroatoms. The Morgan fingerprint density at radius 2 is 2.20 bits per heavy atom. The predicted octanol–water partition coefficient (Wildman–Crippen LogP) is -2.14. The van der Waals surface area contributed by atoms with Crippen molar-refractivity contribution in [2.75, 3.05) is 19.3 Å². The minimum absolute atomic E-state index is 0.0185. The Morgan fingerprint density at radius 3 is 2.50 bits per heavy atom. The summed E-state index contributed by atoms with van der Waals surface area (Å²) in [6, 6.07) is 0. The Hall–Kier alpha value is -0.170. The summed E-state index contributed by atoms with van der Waals surface area (Å²) in [7, 11) is -3.19. The van der Waals surface area contributed by atoms with Crippen LogP contribution in [0.1, 0.15) is 0 Å². The molecule has 0 aliphatic carbocycles. The predicted molar refractivity (Wildman–Crippen MR) is 37.9 cm³/mol. The number of hydrogen-bond acceptors (Lipinski definition) is 4. The van der Waals surface area contributed by atoms with Gasteiger partial charge in [0.05, 0.1) is 12.4 Å². The number of nitrogens with one attached hydrogen (secondary N) is 1. The van der Waals surface area contributed by atoms with Crippen molar-refractivity contribution in [1.82, 2.24) is 4.72 Å². The fraction of sp³-hybridized carbons (Fsp3) is 1.00. The smallest absolute Gasteiger partial charge is 0.208 e. The average Bonchev–Trinajstić information content (AvgIpc) is 1.81. The van der Waals surface area contributed by atoms with Gasteiger partial charge in [0.1, 0.15) is 0 Å². The lowest BCUT2D eigenvalue weighted by molar-refractivity contribution is 0.187. The maximum absolute atomic E-state index is 10.4. The Labute approximate surface area is 60.3 Å². The number of hydrogen-bond donors (Lipinski definition) is 3. The summed E-state index contributed by atoms with van der Waals surface area (Å²) in [6.07, 6.45) is 0.227. The summed E-state index contributed by atoms with van der Waals surface area (Å²) < 4.78 is 22.9. The summed E-state index contributed by atoms with van der Waals surface area (Å²) in [6.45, 7) is 0.0395. The van der Waals surface area contributed by atoms with Crippen molar-refractivity contribution in [3.05, 3.63) is 0 Å². The highest BCUT2D eigenvalue weighted by atomic mass is 32.2. The molecule has 0 aromatic rings. The van der Waals surface area contributed by atoms with Gasteiger partial charge in [-0.25, -0.2) is 13.1 Å². The molecule has 62 valence electrons. The molecule has 5 nitrogen and oxygen atoms in total. The van der Waals surface area contributed by atoms with Gasteiger partial charge in [0, 0.05) is 13.1 Å². The Morgan fingerprint density at radius 1 is 1.70 bits per heavy atom. The van der Waals surface area contributed by atoms with E-state index in [4.69, 9.17) is 10.8 Å². The Kier molecular flexibility index (Phi) is 3.80. The Balaban J connectivity index is 3.56. The highest BCUT2D eigenvalue weighted by Crippen LogP contribution is 1.78. The van der Waals surface area contributed by atoms with Crippen LogP contribution in [-0.4, -0.2) is 39.0 Å². The summed E-state index contributed by atoms with van der Waals surface area (Å²) in [5.41, 5.74) is 5.02. The molecule has 1 atom stereocenters. The quantitative estimate of drug-likeness (QED) is 0.446. The first-order valence-electron chi connectivity index (χ1n) is 2.78. The molecular weight excluding hydrogens is 156 g/mol. The lowest BCUT2D eigenvalue weighted by Gasteiger charge is -2.06. The van der Waals surface area contributed by atoms with E-state index in [9.17, 15) is 8.42 Å². The van der Waals surface area contributed by atoms with E-state index in [0.717, 1.165) is 6.26 Å². The fourth-order valence-electron chi connectivity index (χ4n) is 0.331. The first-order valence-corrected chi connectivity index (χ1v) is 4.67. The second kappa shape index (κ2) is 3.87. The van der Waals surface area contributed by atoms with Crippen molar-refractivity contribution in [3.63, 3.8) is 0 Å². The highest BCUT2D eigenvalue weighted by Gasteiger charge is 2.04. The van der Waals surface area contributed by atoms with E-state index in [1.54, 1.807) is 0 Å². The summed E-state index contributed by atoms with van der Waals surface area (Å²) in [4.78, 5) is 0. The van der Waals surface area contributed by atoms with E-state index in [-0.39, 0.29) is 13.1 Å². The molecule has 0 spiro atoms. The number of rotatable bonds is 4. The van der Waals surface area contributed by atoms with Gasteiger partial charge in [0.25, 0.3) is 0 Å². The molecule has 1 unspecified atom stereocenters. The van der Waals surface area contributed by atoms with E-state index in [0.29, 0.717) is 0 Å². The van der Waals surface area contributed by atoms with Crippen LogP contribution in [0.5, 0.6) is 0 Å². The molecule has 0 aromatic carbocycles. The van der Waals surface area contributed by atoms with Crippen molar-refractivity contribution < 1.29 is 13.5 Å². The van der Waals surface area contributed by atoms with Crippen LogP contribution >= 0.6 is 0 Å². The molecule has 0 saturated heterocycles. The average molecular weight is 168 g/mol. The van der Waals surface area contributed by atoms with Crippen molar-refractivity contribution in [2.45, 2.75) is 6.10 Å². The van der Waals surface area contributed by atoms with E-state index < -0.39 is 16.1 Å². The number of aliphatic hydroxyl groups excluding tert-OH is 1. The molecule has 4 N–H and O–H groups in total. The third kappa shape index (κ3) is 5.96. The third-order valence-electron chi connectivity index (χ3n) is 0.853. The molecule has 0 saturated carbocycles. The zero-order chi connectivity index (χ0) is 8.20. The number of aliphatic hydroxyl groups is 1. The fourth-order valence-corrected chi connectivity index (χ4v) is 0.826. The second-order valence-electron chi connectivity index (χ2n) is 2.01. The van der Waals surface area contributed by atoms with Gasteiger partial charge in [0.2, 0.25) is 10.0 Å². The zero-order valence-corrected chi connectivity index (χ0v) is 6.56. The van der Waals surface area contributed by atoms with Crippen LogP contribution in [0, 0.1) is 0 Å². The molecule has 0 heterocycles. The summed E-state index contributed by atoms with van der Waals surface area (Å²) >= 11 is 0. The molecule has 0 aromatic heterocycles. The lowest BCUT2D eigenvalue weighted by Crippen LogP contribution is -2.35. The van der Waals surface area contributed by atoms with E-state index in [2.05, 4.69) is 4.72 Å². The maximum atomic E-state index is 10.4. The van der Waals surface area contributed by atoms with Gasteiger partial charge in [-0.15, -0.1) is 0 Å². The van der Waals surface area contributed by atoms with Gasteiger partial charge in [-0.3, -0.25) is 0 Å². The van der Waals surface area contributed by atoms with Crippen LogP contribution in [0.2, 0.25) is 0 Å². The number of sulfonamides is 1. The first-order chi connectivity index (χ1) is 4.45. The second-order valence-corrected chi connectivity index (χ2v) is 3.84. The molecule has 0 rings (SSSR count). The van der Waals surface area contributed by atoms with Gasteiger partial charge in [-0.2, -0.15) is 0 Å². The summed E-state index contributed by atoms with van der Waals surface area (Å²) in [5.74, 6) is 0. The Bertz CT molecular complexity index is 177. The van der Waals surface area contributed by atoms with Gasteiger partial charge >= 0.3 is 0 Å². The van der Waals surface area contributed by atoms with Gasteiger partial charge < -0.3 is 10.8 Å². The number of nitrogens with two attached hydrogens (primary N) is 1. The van der Waals surface area contributed by atoms with Crippen molar-refractivity contribution in [3.8, 4) is 0 Å². The van der Waals surface area contributed by atoms with Gasteiger partial charge in [0.15, 0.2) is 0 Å². The summed E-state index contributed by atoms with van der Waals surface area (Å²) in [5, 5.41) is 8.77. The minimum Gasteiger partial charge on any atom is -0.390 e. The molecule has 10 heavy (non-hydrogen) atoms. The van der Waals surface area contributed by atoms with E-state index >= 15 is 0 Å². The minimum atomic E-state index is -3.19. The molecule has 0 bridgehead atoms. The van der Waals surface area contributed by atoms with Crippen LogP contribution in [0.3, 0.4) is 0 Å². The van der Waals surface area contributed by atoms with Crippen LogP contribution in [0.25, 0.3) is 0 Å². The topological polar surface area (TPSA) is 92.4 Å². The lowest BCUT2D eigenvalue weighted by atomic mass is 10.4. The molecule has 0 aliphatic rings. The zero-order valence-electron chi connectivity index (χ0n) is 5.74. The van der Waals surface area contributed by atoms with Gasteiger partial charge in [-0.05, 0) is 0 Å². The first kappa shape index (κ1) is 9.83. The van der Waals surface area contributed by atoms with Crippen molar-refractivity contribution >= 4 is 10.0 Å². The van der Waals surface area contributed by atoms with Crippen LogP contribution < -0.4 is 10.5 Å². The normalized spacial score (nSPS) is 15.1. The standard InChI is InChI=1S/C4H12N2O3S/c1-10(8,9)6-3-4(7)2-5/h4,6-7H,2-3,5H2,1H3.